The molecule has 7 unspecified atom stereocenters. The second kappa shape index (κ2) is 17.3. The number of nitrogens with one attached hydrogen (secondary N) is 3. The quantitative estimate of drug-likeness (QED) is 0.195. The summed E-state index contributed by atoms with van der Waals surface area (Å²) in [5.41, 5.74) is -6.47. The highest BCUT2D eigenvalue weighted by atomic mass is 32.2. The van der Waals surface area contributed by atoms with Crippen molar-refractivity contribution in [1.82, 2.24) is 30.2 Å². The van der Waals surface area contributed by atoms with E-state index < -0.39 is 117 Å². The number of halogens is 6. The number of hydrogen-bond donors (Lipinski definition) is 3. The number of nitrogens with zero attached hydrogens (tertiary/aromatic N) is 3. The van der Waals surface area contributed by atoms with E-state index in [0.717, 1.165) is 4.90 Å². The first-order valence-electron chi connectivity index (χ1n) is 20.5. The van der Waals surface area contributed by atoms with Crippen molar-refractivity contribution in [3.05, 3.63) is 36.0 Å². The molecule has 1 aromatic heterocycles. The van der Waals surface area contributed by atoms with E-state index >= 15 is 0 Å². The predicted molar refractivity (Wildman–Crippen MR) is 209 cm³/mol. The third-order valence-corrected chi connectivity index (χ3v) is 13.6. The molecule has 2 saturated carbocycles. The van der Waals surface area contributed by atoms with Crippen LogP contribution < -0.4 is 24.8 Å². The van der Waals surface area contributed by atoms with Crippen LogP contribution in [-0.2, 0) is 35.3 Å². The molecule has 7 atom stereocenters. The van der Waals surface area contributed by atoms with Crippen molar-refractivity contribution in [2.45, 2.75) is 133 Å². The van der Waals surface area contributed by atoms with Gasteiger partial charge in [0.1, 0.15) is 29.5 Å². The molecular weight excluding hydrogens is 855 g/mol. The van der Waals surface area contributed by atoms with E-state index in [9.17, 15) is 53.9 Å². The summed E-state index contributed by atoms with van der Waals surface area (Å²) >= 11 is 0. The van der Waals surface area contributed by atoms with Gasteiger partial charge in [-0.25, -0.2) is 23.2 Å². The van der Waals surface area contributed by atoms with E-state index in [4.69, 9.17) is 14.2 Å². The number of benzene rings is 1. The van der Waals surface area contributed by atoms with Crippen LogP contribution in [-0.4, -0.2) is 101 Å². The van der Waals surface area contributed by atoms with Gasteiger partial charge in [0.05, 0.1) is 29.4 Å². The van der Waals surface area contributed by atoms with Crippen molar-refractivity contribution in [3.63, 3.8) is 0 Å². The summed E-state index contributed by atoms with van der Waals surface area (Å²) in [7, 11) is -4.09. The van der Waals surface area contributed by atoms with Gasteiger partial charge in [-0.15, -0.1) is 0 Å². The minimum Gasteiger partial charge on any atom is -0.494 e. The average Bonchev–Trinajstić information content (AvgIpc) is 4.10. The van der Waals surface area contributed by atoms with E-state index in [0.29, 0.717) is 39.5 Å². The standard InChI is InChI=1S/C40H50F6N6O9S/c1-6-22-16-21(3)10-8-9-11-23-19-38(23,35(55)51-62(57,58)26-13-14-26)50-32(53)29-18-25(20-52(29)34(54)30(22)49-36(56)61-37(4,5)40(44,45)46)60-33-31(39(41,42)43)47-27-15-12-24(59-7-2)17-28(27)48-33/h9,11-12,15,17,21-23,25-26,29-30H,6-8,10,13-14,16,18-20H2,1-5H3,(H,49,56)(H,50,53)(H,51,55). The zero-order chi connectivity index (χ0) is 45.6. The summed E-state index contributed by atoms with van der Waals surface area (Å²) in [6.45, 7) is 6.14. The van der Waals surface area contributed by atoms with Crippen LogP contribution in [0.15, 0.2) is 30.4 Å². The van der Waals surface area contributed by atoms with Gasteiger partial charge in [0, 0.05) is 18.4 Å². The number of carbonyl (C=O) groups excluding carboxylic acids is 4. The fourth-order valence-corrected chi connectivity index (χ4v) is 9.23. The summed E-state index contributed by atoms with van der Waals surface area (Å²) in [6, 6.07) is 0.803. The number of hydrogen-bond acceptors (Lipinski definition) is 11. The second-order valence-corrected chi connectivity index (χ2v) is 18.9. The first-order chi connectivity index (χ1) is 28.9. The Morgan fingerprint density at radius 1 is 1.02 bits per heavy atom. The van der Waals surface area contributed by atoms with Gasteiger partial charge in [-0.2, -0.15) is 26.3 Å². The van der Waals surface area contributed by atoms with E-state index in [1.54, 1.807) is 26.0 Å². The van der Waals surface area contributed by atoms with Crippen molar-refractivity contribution in [1.29, 1.82) is 0 Å². The molecule has 0 spiro atoms. The molecule has 3 N–H and O–H groups in total. The molecule has 3 fully saturated rings. The number of allylic oxidation sites excluding steroid dienone is 1. The topological polar surface area (TPSA) is 195 Å². The molecule has 0 radical (unpaired) electrons. The van der Waals surface area contributed by atoms with Gasteiger partial charge >= 0.3 is 18.4 Å². The number of fused-ring (bicyclic) bond motifs is 3. The number of carbonyl (C=O) groups is 4. The van der Waals surface area contributed by atoms with Gasteiger partial charge < -0.3 is 29.7 Å². The molecule has 6 rings (SSSR count). The Labute approximate surface area is 354 Å². The maximum Gasteiger partial charge on any atom is 0.438 e. The Balaban J connectivity index is 1.40. The van der Waals surface area contributed by atoms with E-state index in [-0.39, 0.29) is 48.6 Å². The van der Waals surface area contributed by atoms with Crippen LogP contribution in [0.3, 0.4) is 0 Å². The molecule has 1 aromatic carbocycles. The summed E-state index contributed by atoms with van der Waals surface area (Å²) in [6.07, 6.45) is -8.03. The number of aromatic nitrogens is 2. The van der Waals surface area contributed by atoms with E-state index in [1.165, 1.54) is 18.2 Å². The fourth-order valence-electron chi connectivity index (χ4n) is 7.86. The third-order valence-electron chi connectivity index (χ3n) is 11.7. The Hall–Kier alpha value is -4.89. The van der Waals surface area contributed by atoms with Gasteiger partial charge in [0.2, 0.25) is 39.0 Å². The summed E-state index contributed by atoms with van der Waals surface area (Å²) in [5.74, 6) is -5.29. The minimum absolute atomic E-state index is 0.0221. The first-order valence-corrected chi connectivity index (χ1v) is 22.0. The number of alkyl halides is 6. The molecule has 342 valence electrons. The van der Waals surface area contributed by atoms with E-state index in [2.05, 4.69) is 25.3 Å². The Morgan fingerprint density at radius 2 is 1.73 bits per heavy atom. The van der Waals surface area contributed by atoms with Crippen LogP contribution >= 0.6 is 0 Å². The average molecular weight is 905 g/mol. The van der Waals surface area contributed by atoms with Gasteiger partial charge in [-0.3, -0.25) is 19.1 Å². The first kappa shape index (κ1) is 46.6. The van der Waals surface area contributed by atoms with Crippen molar-refractivity contribution in [2.24, 2.45) is 17.8 Å². The lowest BCUT2D eigenvalue weighted by Crippen LogP contribution is -2.59. The van der Waals surface area contributed by atoms with Crippen molar-refractivity contribution in [2.75, 3.05) is 13.2 Å². The number of sulfonamides is 1. The predicted octanol–water partition coefficient (Wildman–Crippen LogP) is 5.72. The summed E-state index contributed by atoms with van der Waals surface area (Å²) in [4.78, 5) is 65.2. The monoisotopic (exact) mass is 904 g/mol. The van der Waals surface area contributed by atoms with Crippen LogP contribution in [0.1, 0.15) is 91.7 Å². The smallest absolute Gasteiger partial charge is 0.438 e. The van der Waals surface area contributed by atoms with Crippen LogP contribution in [0, 0.1) is 17.8 Å². The molecule has 2 aromatic rings. The zero-order valence-electron chi connectivity index (χ0n) is 34.7. The Bertz CT molecular complexity index is 2200. The number of alkyl carbamates (subject to hydrolysis) is 1. The van der Waals surface area contributed by atoms with E-state index in [1.807, 2.05) is 6.92 Å². The molecule has 4 amide bonds. The van der Waals surface area contributed by atoms with Crippen LogP contribution in [0.5, 0.6) is 11.6 Å². The second-order valence-electron chi connectivity index (χ2n) is 16.9. The van der Waals surface area contributed by atoms with Crippen molar-refractivity contribution in [3.8, 4) is 11.6 Å². The molecule has 0 bridgehead atoms. The van der Waals surface area contributed by atoms with Crippen LogP contribution in [0.4, 0.5) is 31.1 Å². The minimum atomic E-state index is -5.09. The molecule has 2 aliphatic heterocycles. The van der Waals surface area contributed by atoms with Crippen molar-refractivity contribution < 1.29 is 68.1 Å². The summed E-state index contributed by atoms with van der Waals surface area (Å²) in [5, 5.41) is 4.15. The SMILES string of the molecule is CCOc1ccc2nc(C(F)(F)F)c(OC3CC4C(=O)NC5(C(=O)NS(=O)(=O)C6CC6)CC5C=CCCC(C)CC(CC)C(NC(=O)OC(C)(C)C(F)(F)F)C(=O)N4C3)nc2c1. The number of ether oxygens (including phenoxy) is 3. The summed E-state index contributed by atoms with van der Waals surface area (Å²) < 4.78 is 129. The largest absolute Gasteiger partial charge is 0.494 e. The number of rotatable bonds is 10. The molecular formula is C40H50F6N6O9S. The molecule has 1 saturated heterocycles. The lowest BCUT2D eigenvalue weighted by atomic mass is 9.85. The molecule has 62 heavy (non-hydrogen) atoms. The third kappa shape index (κ3) is 10.1. The van der Waals surface area contributed by atoms with Crippen LogP contribution in [0.25, 0.3) is 11.0 Å². The maximum absolute atomic E-state index is 14.9. The molecule has 15 nitrogen and oxygen atoms in total. The Kier molecular flexibility index (Phi) is 13.0. The van der Waals surface area contributed by atoms with Gasteiger partial charge in [0.25, 0.3) is 5.91 Å². The fraction of sp³-hybridized carbons (Fsp3) is 0.650. The normalized spacial score (nSPS) is 27.6. The molecule has 3 heterocycles. The molecule has 2 aliphatic carbocycles. The molecule has 22 heteroatoms. The lowest BCUT2D eigenvalue weighted by molar-refractivity contribution is -0.244. The zero-order valence-corrected chi connectivity index (χ0v) is 35.5. The van der Waals surface area contributed by atoms with Crippen LogP contribution in [0.2, 0.25) is 0 Å². The highest BCUT2D eigenvalue weighted by Crippen LogP contribution is 2.46. The molecule has 4 aliphatic rings. The number of amides is 4. The highest BCUT2D eigenvalue weighted by Gasteiger charge is 2.62. The Morgan fingerprint density at radius 3 is 2.35 bits per heavy atom. The van der Waals surface area contributed by atoms with Gasteiger partial charge in [-0.1, -0.05) is 32.4 Å². The van der Waals surface area contributed by atoms with Crippen molar-refractivity contribution >= 4 is 44.9 Å². The van der Waals surface area contributed by atoms with Gasteiger partial charge in [0.15, 0.2) is 0 Å². The van der Waals surface area contributed by atoms with Gasteiger partial charge in [-0.05, 0) is 83.3 Å². The highest BCUT2D eigenvalue weighted by molar-refractivity contribution is 7.91. The maximum atomic E-state index is 14.9. The lowest BCUT2D eigenvalue weighted by Gasteiger charge is -2.35.